The van der Waals surface area contributed by atoms with Gasteiger partial charge < -0.3 is 9.64 Å². The smallest absolute Gasteiger partial charge is 0.305 e. The van der Waals surface area contributed by atoms with E-state index in [2.05, 4.69) is 42.0 Å². The van der Waals surface area contributed by atoms with Gasteiger partial charge in [0.15, 0.2) is 5.82 Å². The standard InChI is InChI=1S/C28H29N3O2/c1-2-33-25(32)19-11-3-4-12-20-31-21-13-18-24-28(31)30-27(23-16-9-6-10-17-23)26(29-24)22-14-7-5-8-15-22/h5-10,14-17H,2-4,11-12,19-21H2,1H3. The molecule has 0 atom stereocenters. The van der Waals surface area contributed by atoms with Gasteiger partial charge in [-0.15, -0.1) is 0 Å². The van der Waals surface area contributed by atoms with Crippen LogP contribution in [-0.4, -0.2) is 35.6 Å². The molecule has 0 aliphatic carbocycles. The van der Waals surface area contributed by atoms with E-state index in [1.807, 2.05) is 43.3 Å². The maximum absolute atomic E-state index is 11.5. The molecule has 33 heavy (non-hydrogen) atoms. The molecule has 4 rings (SSSR count). The molecule has 0 spiro atoms. The van der Waals surface area contributed by atoms with Crippen molar-refractivity contribution in [2.75, 3.05) is 24.6 Å². The Balaban J connectivity index is 1.49. The molecule has 5 nitrogen and oxygen atoms in total. The monoisotopic (exact) mass is 439 g/mol. The van der Waals surface area contributed by atoms with Crippen molar-refractivity contribution in [2.24, 2.45) is 0 Å². The minimum Gasteiger partial charge on any atom is -0.466 e. The summed E-state index contributed by atoms with van der Waals surface area (Å²) in [6, 6.07) is 20.4. The zero-order valence-corrected chi connectivity index (χ0v) is 19.1. The molecular formula is C28H29N3O2. The number of carbonyl (C=O) groups excluding carboxylic acids is 1. The number of hydrogen-bond acceptors (Lipinski definition) is 5. The predicted octanol–water partition coefficient (Wildman–Crippen LogP) is 5.65. The fourth-order valence-corrected chi connectivity index (χ4v) is 3.96. The average molecular weight is 440 g/mol. The topological polar surface area (TPSA) is 55.3 Å². The second-order valence-corrected chi connectivity index (χ2v) is 8.02. The fourth-order valence-electron chi connectivity index (χ4n) is 3.96. The van der Waals surface area contributed by atoms with Crippen LogP contribution in [0.2, 0.25) is 0 Å². The fraction of sp³-hybridized carbons (Fsp3) is 0.321. The number of benzene rings is 2. The van der Waals surface area contributed by atoms with Gasteiger partial charge in [-0.25, -0.2) is 9.97 Å². The molecule has 2 heterocycles. The van der Waals surface area contributed by atoms with Crippen LogP contribution in [0.5, 0.6) is 0 Å². The van der Waals surface area contributed by atoms with Gasteiger partial charge in [-0.1, -0.05) is 73.5 Å². The SMILES string of the molecule is CCOC(=O)CCCCCCN1C[C][C]c2nc(-c3ccccc3)c(-c3ccccc3)nc21. The van der Waals surface area contributed by atoms with Crippen LogP contribution < -0.4 is 4.90 Å². The highest BCUT2D eigenvalue weighted by atomic mass is 16.5. The van der Waals surface area contributed by atoms with Crippen LogP contribution in [0.1, 0.15) is 44.7 Å². The molecule has 0 N–H and O–H groups in total. The normalized spacial score (nSPS) is 12.9. The highest BCUT2D eigenvalue weighted by Gasteiger charge is 2.24. The predicted molar refractivity (Wildman–Crippen MR) is 130 cm³/mol. The van der Waals surface area contributed by atoms with Crippen molar-refractivity contribution in [3.05, 3.63) is 79.2 Å². The number of anilines is 1. The van der Waals surface area contributed by atoms with Crippen molar-refractivity contribution in [3.8, 4) is 22.5 Å². The highest BCUT2D eigenvalue weighted by Crippen LogP contribution is 2.34. The summed E-state index contributed by atoms with van der Waals surface area (Å²) in [5, 5.41) is 0. The summed E-state index contributed by atoms with van der Waals surface area (Å²) >= 11 is 0. The molecule has 0 amide bonds. The number of rotatable bonds is 10. The first-order chi connectivity index (χ1) is 16.3. The van der Waals surface area contributed by atoms with E-state index in [0.717, 1.165) is 66.3 Å². The number of ether oxygens (including phenoxy) is 1. The Morgan fingerprint density at radius 1 is 0.909 bits per heavy atom. The maximum Gasteiger partial charge on any atom is 0.305 e. The van der Waals surface area contributed by atoms with Gasteiger partial charge in [0, 0.05) is 37.1 Å². The molecule has 1 aliphatic heterocycles. The van der Waals surface area contributed by atoms with Gasteiger partial charge in [-0.2, -0.15) is 0 Å². The summed E-state index contributed by atoms with van der Waals surface area (Å²) in [6.07, 6.45) is 10.9. The molecule has 1 aromatic heterocycles. The highest BCUT2D eigenvalue weighted by molar-refractivity contribution is 5.80. The minimum atomic E-state index is -0.101. The molecule has 4 radical (unpaired) electrons. The molecular weight excluding hydrogens is 410 g/mol. The Morgan fingerprint density at radius 3 is 2.21 bits per heavy atom. The lowest BCUT2D eigenvalue weighted by Gasteiger charge is -2.30. The zero-order chi connectivity index (χ0) is 22.9. The molecule has 5 heteroatoms. The van der Waals surface area contributed by atoms with E-state index in [-0.39, 0.29) is 5.97 Å². The summed E-state index contributed by atoms with van der Waals surface area (Å²) < 4.78 is 4.99. The summed E-state index contributed by atoms with van der Waals surface area (Å²) in [5.41, 5.74) is 4.55. The van der Waals surface area contributed by atoms with E-state index in [1.165, 1.54) is 0 Å². The Hall–Kier alpha value is -3.21. The minimum absolute atomic E-state index is 0.101. The van der Waals surface area contributed by atoms with Gasteiger partial charge >= 0.3 is 5.97 Å². The zero-order valence-electron chi connectivity index (χ0n) is 19.1. The van der Waals surface area contributed by atoms with Gasteiger partial charge in [-0.05, 0) is 19.8 Å². The summed E-state index contributed by atoms with van der Waals surface area (Å²) in [4.78, 5) is 23.8. The first-order valence-corrected chi connectivity index (χ1v) is 11.7. The van der Waals surface area contributed by atoms with E-state index in [1.54, 1.807) is 0 Å². The first-order valence-electron chi connectivity index (χ1n) is 11.7. The van der Waals surface area contributed by atoms with E-state index in [9.17, 15) is 4.79 Å². The Morgan fingerprint density at radius 2 is 1.55 bits per heavy atom. The number of unbranched alkanes of at least 4 members (excludes halogenated alkanes) is 3. The lowest BCUT2D eigenvalue weighted by atomic mass is 10.0. The van der Waals surface area contributed by atoms with E-state index in [4.69, 9.17) is 14.7 Å². The van der Waals surface area contributed by atoms with Crippen LogP contribution in [0.4, 0.5) is 5.82 Å². The first kappa shape index (κ1) is 23.0. The van der Waals surface area contributed by atoms with Crippen molar-refractivity contribution < 1.29 is 9.53 Å². The van der Waals surface area contributed by atoms with Gasteiger partial charge in [0.2, 0.25) is 0 Å². The number of hydrogen-bond donors (Lipinski definition) is 0. The van der Waals surface area contributed by atoms with Crippen molar-refractivity contribution in [1.29, 1.82) is 0 Å². The Labute approximate surface area is 196 Å². The van der Waals surface area contributed by atoms with Crippen molar-refractivity contribution >= 4 is 11.8 Å². The third-order valence-corrected chi connectivity index (χ3v) is 5.61. The van der Waals surface area contributed by atoms with Crippen molar-refractivity contribution in [2.45, 2.75) is 39.0 Å². The molecule has 0 saturated carbocycles. The third kappa shape index (κ3) is 5.98. The maximum atomic E-state index is 11.5. The van der Waals surface area contributed by atoms with Crippen LogP contribution in [0.25, 0.3) is 22.5 Å². The van der Waals surface area contributed by atoms with Gasteiger partial charge in [-0.3, -0.25) is 4.79 Å². The van der Waals surface area contributed by atoms with Crippen LogP contribution >= 0.6 is 0 Å². The lowest BCUT2D eigenvalue weighted by molar-refractivity contribution is -0.143. The van der Waals surface area contributed by atoms with Crippen molar-refractivity contribution in [1.82, 2.24) is 9.97 Å². The lowest BCUT2D eigenvalue weighted by Crippen LogP contribution is -2.32. The molecule has 0 fully saturated rings. The average Bonchev–Trinajstić information content (AvgIpc) is 2.86. The molecule has 168 valence electrons. The summed E-state index contributed by atoms with van der Waals surface area (Å²) in [7, 11) is 0. The molecule has 0 unspecified atom stereocenters. The summed E-state index contributed by atoms with van der Waals surface area (Å²) in [5.74, 6) is 0.759. The van der Waals surface area contributed by atoms with Gasteiger partial charge in [0.25, 0.3) is 0 Å². The number of aromatic nitrogens is 2. The Kier molecular flexibility index (Phi) is 8.07. The second-order valence-electron chi connectivity index (χ2n) is 8.02. The van der Waals surface area contributed by atoms with E-state index < -0.39 is 0 Å². The van der Waals surface area contributed by atoms with Gasteiger partial charge in [0.1, 0.15) is 0 Å². The molecule has 0 bridgehead atoms. The molecule has 2 aromatic carbocycles. The third-order valence-electron chi connectivity index (χ3n) is 5.61. The number of nitrogens with zero attached hydrogens (tertiary/aromatic N) is 3. The van der Waals surface area contributed by atoms with Crippen molar-refractivity contribution in [3.63, 3.8) is 0 Å². The van der Waals surface area contributed by atoms with Crippen LogP contribution in [0.15, 0.2) is 60.7 Å². The number of carbonyl (C=O) groups is 1. The van der Waals surface area contributed by atoms with Gasteiger partial charge in [0.05, 0.1) is 30.1 Å². The molecule has 3 aromatic rings. The summed E-state index contributed by atoms with van der Waals surface area (Å²) in [6.45, 7) is 3.82. The molecule has 0 saturated heterocycles. The molecule has 1 aliphatic rings. The van der Waals surface area contributed by atoms with E-state index >= 15 is 0 Å². The number of fused-ring (bicyclic) bond motifs is 1. The van der Waals surface area contributed by atoms with Crippen LogP contribution in [-0.2, 0) is 9.53 Å². The van der Waals surface area contributed by atoms with Crippen LogP contribution in [0.3, 0.4) is 0 Å². The second kappa shape index (κ2) is 11.6. The Bertz CT molecular complexity index is 1040. The number of esters is 1. The quantitative estimate of drug-likeness (QED) is 0.302. The largest absolute Gasteiger partial charge is 0.466 e. The van der Waals surface area contributed by atoms with E-state index in [0.29, 0.717) is 19.6 Å². The van der Waals surface area contributed by atoms with Crippen LogP contribution in [0, 0.1) is 12.8 Å².